The fourth-order valence-electron chi connectivity index (χ4n) is 5.82. The van der Waals surface area contributed by atoms with Crippen LogP contribution in [0, 0.1) is 0 Å². The van der Waals surface area contributed by atoms with Crippen LogP contribution in [0.1, 0.15) is 175 Å². The van der Waals surface area contributed by atoms with E-state index in [9.17, 15) is 14.4 Å². The first-order valence-corrected chi connectivity index (χ1v) is 24.3. The van der Waals surface area contributed by atoms with E-state index in [4.69, 9.17) is 14.2 Å². The fraction of sp³-hybridized carbons (Fsp3) is 0.526. The molecular formula is C57H86O6. The zero-order valence-electron chi connectivity index (χ0n) is 39.8. The SMILES string of the molecule is CC/C=C\C/C=C\C/C=C\C/C=C\C/C=C\CCCC(=O)OC(COC(=O)C/C=C\C/C=C\C/C=C\CC)COC(=O)CCCCCCCC/C=C\C/C=C\C/C=C\C/C=C\CC. The number of hydrogen-bond donors (Lipinski definition) is 0. The topological polar surface area (TPSA) is 78.9 Å². The lowest BCUT2D eigenvalue weighted by molar-refractivity contribution is -0.166. The molecular weight excluding hydrogens is 781 g/mol. The Labute approximate surface area is 385 Å². The highest BCUT2D eigenvalue weighted by Gasteiger charge is 2.19. The van der Waals surface area contributed by atoms with Gasteiger partial charge < -0.3 is 14.2 Å². The van der Waals surface area contributed by atoms with Crippen LogP contribution in [0.5, 0.6) is 0 Å². The quantitative estimate of drug-likeness (QED) is 0.0264. The van der Waals surface area contributed by atoms with Crippen LogP contribution in [0.15, 0.2) is 146 Å². The van der Waals surface area contributed by atoms with E-state index in [2.05, 4.69) is 154 Å². The van der Waals surface area contributed by atoms with E-state index in [1.54, 1.807) is 6.08 Å². The van der Waals surface area contributed by atoms with Crippen molar-refractivity contribution >= 4 is 17.9 Å². The molecule has 0 bridgehead atoms. The van der Waals surface area contributed by atoms with E-state index in [1.807, 2.05) is 6.08 Å². The Kier molecular flexibility index (Phi) is 46.2. The summed E-state index contributed by atoms with van der Waals surface area (Å²) in [5, 5.41) is 0. The molecule has 0 saturated carbocycles. The predicted octanol–water partition coefficient (Wildman–Crippen LogP) is 16.1. The third-order valence-electron chi connectivity index (χ3n) is 9.35. The number of allylic oxidation sites excluding steroid dienone is 23. The zero-order valence-corrected chi connectivity index (χ0v) is 39.8. The summed E-state index contributed by atoms with van der Waals surface area (Å²) in [6, 6.07) is 0. The van der Waals surface area contributed by atoms with Gasteiger partial charge >= 0.3 is 17.9 Å². The summed E-state index contributed by atoms with van der Waals surface area (Å²) in [5.41, 5.74) is 0. The molecule has 0 aliphatic heterocycles. The molecule has 1 unspecified atom stereocenters. The molecule has 0 saturated heterocycles. The van der Waals surface area contributed by atoms with Crippen molar-refractivity contribution in [2.24, 2.45) is 0 Å². The van der Waals surface area contributed by atoms with Crippen LogP contribution in [-0.4, -0.2) is 37.2 Å². The first-order valence-electron chi connectivity index (χ1n) is 24.3. The Bertz CT molecular complexity index is 1460. The minimum absolute atomic E-state index is 0.113. The van der Waals surface area contributed by atoms with Crippen LogP contribution in [0.3, 0.4) is 0 Å². The minimum Gasteiger partial charge on any atom is -0.462 e. The molecule has 63 heavy (non-hydrogen) atoms. The van der Waals surface area contributed by atoms with Gasteiger partial charge in [-0.1, -0.05) is 192 Å². The first-order chi connectivity index (χ1) is 31.0. The average molecular weight is 867 g/mol. The highest BCUT2D eigenvalue weighted by molar-refractivity contribution is 5.72. The van der Waals surface area contributed by atoms with Gasteiger partial charge in [0, 0.05) is 12.8 Å². The number of carbonyl (C=O) groups excluding carboxylic acids is 3. The van der Waals surface area contributed by atoms with Crippen LogP contribution in [0.4, 0.5) is 0 Å². The number of rotatable bonds is 41. The maximum atomic E-state index is 12.7. The number of hydrogen-bond acceptors (Lipinski definition) is 6. The lowest BCUT2D eigenvalue weighted by Crippen LogP contribution is -2.30. The van der Waals surface area contributed by atoms with Gasteiger partial charge in [-0.2, -0.15) is 0 Å². The fourth-order valence-corrected chi connectivity index (χ4v) is 5.82. The Morgan fingerprint density at radius 2 is 0.651 bits per heavy atom. The van der Waals surface area contributed by atoms with Gasteiger partial charge in [0.15, 0.2) is 6.10 Å². The summed E-state index contributed by atoms with van der Waals surface area (Å²) in [5.74, 6) is -1.16. The maximum Gasteiger partial charge on any atom is 0.309 e. The molecule has 0 aromatic heterocycles. The Morgan fingerprint density at radius 1 is 0.333 bits per heavy atom. The monoisotopic (exact) mass is 867 g/mol. The summed E-state index contributed by atoms with van der Waals surface area (Å²) in [6.45, 7) is 6.10. The van der Waals surface area contributed by atoms with Crippen LogP contribution >= 0.6 is 0 Å². The molecule has 0 fully saturated rings. The highest BCUT2D eigenvalue weighted by Crippen LogP contribution is 2.11. The van der Waals surface area contributed by atoms with Crippen molar-refractivity contribution in [3.8, 4) is 0 Å². The molecule has 0 aromatic carbocycles. The molecule has 350 valence electrons. The second-order valence-corrected chi connectivity index (χ2v) is 15.2. The summed E-state index contributed by atoms with van der Waals surface area (Å²) < 4.78 is 16.6. The van der Waals surface area contributed by atoms with Crippen molar-refractivity contribution in [2.75, 3.05) is 13.2 Å². The van der Waals surface area contributed by atoms with Gasteiger partial charge in [0.2, 0.25) is 0 Å². The van der Waals surface area contributed by atoms with Gasteiger partial charge in [0.25, 0.3) is 0 Å². The molecule has 0 aliphatic rings. The molecule has 0 aliphatic carbocycles. The Morgan fingerprint density at radius 3 is 1.08 bits per heavy atom. The number of unbranched alkanes of at least 4 members (excludes halogenated alkanes) is 7. The van der Waals surface area contributed by atoms with Crippen molar-refractivity contribution in [3.05, 3.63) is 146 Å². The van der Waals surface area contributed by atoms with Gasteiger partial charge in [-0.05, 0) is 109 Å². The van der Waals surface area contributed by atoms with Gasteiger partial charge in [0.1, 0.15) is 13.2 Å². The summed E-state index contributed by atoms with van der Waals surface area (Å²) in [4.78, 5) is 37.8. The summed E-state index contributed by atoms with van der Waals surface area (Å²) in [6.07, 6.45) is 71.6. The molecule has 6 heteroatoms. The van der Waals surface area contributed by atoms with Gasteiger partial charge in [-0.15, -0.1) is 0 Å². The summed E-state index contributed by atoms with van der Waals surface area (Å²) >= 11 is 0. The summed E-state index contributed by atoms with van der Waals surface area (Å²) in [7, 11) is 0. The Hall–Kier alpha value is -4.71. The van der Waals surface area contributed by atoms with E-state index in [-0.39, 0.29) is 32.0 Å². The van der Waals surface area contributed by atoms with E-state index < -0.39 is 18.0 Å². The second kappa shape index (κ2) is 49.9. The third kappa shape index (κ3) is 48.2. The maximum absolute atomic E-state index is 12.7. The van der Waals surface area contributed by atoms with Gasteiger partial charge in [-0.3, -0.25) is 14.4 Å². The predicted molar refractivity (Wildman–Crippen MR) is 269 cm³/mol. The third-order valence-corrected chi connectivity index (χ3v) is 9.35. The van der Waals surface area contributed by atoms with Crippen molar-refractivity contribution in [2.45, 2.75) is 181 Å². The Balaban J connectivity index is 4.53. The highest BCUT2D eigenvalue weighted by atomic mass is 16.6. The van der Waals surface area contributed by atoms with E-state index >= 15 is 0 Å². The van der Waals surface area contributed by atoms with Crippen molar-refractivity contribution in [3.63, 3.8) is 0 Å². The molecule has 0 aromatic rings. The van der Waals surface area contributed by atoms with Crippen LogP contribution in [-0.2, 0) is 28.6 Å². The van der Waals surface area contributed by atoms with Gasteiger partial charge in [-0.25, -0.2) is 0 Å². The van der Waals surface area contributed by atoms with Crippen LogP contribution < -0.4 is 0 Å². The molecule has 1 atom stereocenters. The van der Waals surface area contributed by atoms with Crippen molar-refractivity contribution < 1.29 is 28.6 Å². The molecule has 0 spiro atoms. The molecule has 0 radical (unpaired) electrons. The average Bonchev–Trinajstić information content (AvgIpc) is 3.28. The number of carbonyl (C=O) groups is 3. The molecule has 0 N–H and O–H groups in total. The van der Waals surface area contributed by atoms with E-state index in [1.165, 1.54) is 12.8 Å². The second-order valence-electron chi connectivity index (χ2n) is 15.2. The van der Waals surface area contributed by atoms with Crippen LogP contribution in [0.25, 0.3) is 0 Å². The minimum atomic E-state index is -0.854. The first kappa shape index (κ1) is 58.3. The van der Waals surface area contributed by atoms with E-state index in [0.717, 1.165) is 116 Å². The van der Waals surface area contributed by atoms with Crippen molar-refractivity contribution in [1.82, 2.24) is 0 Å². The lowest BCUT2D eigenvalue weighted by Gasteiger charge is -2.18. The van der Waals surface area contributed by atoms with Gasteiger partial charge in [0.05, 0.1) is 6.42 Å². The smallest absolute Gasteiger partial charge is 0.309 e. The van der Waals surface area contributed by atoms with Crippen molar-refractivity contribution in [1.29, 1.82) is 0 Å². The normalized spacial score (nSPS) is 13.4. The van der Waals surface area contributed by atoms with Crippen LogP contribution in [0.2, 0.25) is 0 Å². The number of ether oxygens (including phenoxy) is 3. The molecule has 0 amide bonds. The molecule has 6 nitrogen and oxygen atoms in total. The largest absolute Gasteiger partial charge is 0.462 e. The zero-order chi connectivity index (χ0) is 45.8. The number of esters is 3. The molecule has 0 rings (SSSR count). The standard InChI is InChI=1S/C57H86O6/c1-4-7-10-13-16-19-21-23-25-27-28-30-31-33-35-38-41-44-47-50-56(59)62-53-54(52-61-55(58)49-46-43-40-37-18-15-12-9-6-3)63-57(60)51-48-45-42-39-36-34-32-29-26-24-22-20-17-14-11-8-5-2/h7-12,16-20,23-26,28,30,32,34,37,39,42-43,46,54H,4-6,13-15,21-22,27,29,31,33,35-36,38,40-41,44-45,47-53H2,1-3H3/b10-7-,11-8-,12-9-,19-16-,20-17-,25-23-,26-24-,30-28-,34-32-,37-18-,42-39-,46-43-. The van der Waals surface area contributed by atoms with E-state index in [0.29, 0.717) is 12.8 Å². The lowest BCUT2D eigenvalue weighted by atomic mass is 10.1. The molecule has 0 heterocycles.